The van der Waals surface area contributed by atoms with Crippen molar-refractivity contribution in [3.05, 3.63) is 89.5 Å². The van der Waals surface area contributed by atoms with Crippen molar-refractivity contribution in [3.8, 4) is 5.75 Å². The number of fused-ring (bicyclic) bond motifs is 2. The Balaban J connectivity index is 1.87. The van der Waals surface area contributed by atoms with E-state index in [0.717, 1.165) is 34.1 Å². The summed E-state index contributed by atoms with van der Waals surface area (Å²) in [5.41, 5.74) is 1.65. The molecule has 5 heteroatoms. The number of para-hydroxylation sites is 1. The Morgan fingerprint density at radius 1 is 1.00 bits per heavy atom. The highest BCUT2D eigenvalue weighted by Gasteiger charge is 2.62. The number of aliphatic hydroxyl groups is 1. The quantitative estimate of drug-likeness (QED) is 0.561. The first-order chi connectivity index (χ1) is 14.1. The van der Waals surface area contributed by atoms with Gasteiger partial charge in [-0.3, -0.25) is 0 Å². The third-order valence-electron chi connectivity index (χ3n) is 5.84. The molecule has 5 nitrogen and oxygen atoms in total. The van der Waals surface area contributed by atoms with Gasteiger partial charge in [0.15, 0.2) is 5.60 Å². The fourth-order valence-electron chi connectivity index (χ4n) is 4.55. The molecule has 5 rings (SSSR count). The van der Waals surface area contributed by atoms with Crippen LogP contribution in [-0.2, 0) is 11.3 Å². The molecule has 3 aromatic carbocycles. The van der Waals surface area contributed by atoms with Crippen molar-refractivity contribution >= 4 is 11.0 Å². The first kappa shape index (κ1) is 17.9. The zero-order valence-electron chi connectivity index (χ0n) is 16.5. The van der Waals surface area contributed by atoms with E-state index in [0.29, 0.717) is 12.2 Å². The van der Waals surface area contributed by atoms with E-state index in [9.17, 15) is 5.11 Å². The lowest BCUT2D eigenvalue weighted by atomic mass is 9.77. The second-order valence-corrected chi connectivity index (χ2v) is 7.70. The van der Waals surface area contributed by atoms with Gasteiger partial charge < -0.3 is 9.84 Å². The van der Waals surface area contributed by atoms with Crippen LogP contribution in [0.1, 0.15) is 36.5 Å². The van der Waals surface area contributed by atoms with E-state index in [4.69, 9.17) is 4.74 Å². The summed E-state index contributed by atoms with van der Waals surface area (Å²) in [6.07, 6.45) is 1.37. The largest absolute Gasteiger partial charge is 0.462 e. The average molecular weight is 385 g/mol. The highest BCUT2D eigenvalue weighted by molar-refractivity contribution is 5.74. The molecule has 0 amide bonds. The van der Waals surface area contributed by atoms with Crippen LogP contribution in [0.2, 0.25) is 0 Å². The van der Waals surface area contributed by atoms with Crippen molar-refractivity contribution in [1.82, 2.24) is 15.0 Å². The zero-order chi connectivity index (χ0) is 20.1. The number of aryl methyl sites for hydroxylation is 1. The van der Waals surface area contributed by atoms with E-state index >= 15 is 0 Å². The third kappa shape index (κ3) is 2.37. The lowest BCUT2D eigenvalue weighted by molar-refractivity contribution is -0.154. The summed E-state index contributed by atoms with van der Waals surface area (Å²) in [6.45, 7) is 4.11. The minimum absolute atomic E-state index is 0.569. The van der Waals surface area contributed by atoms with E-state index < -0.39 is 11.3 Å². The molecule has 1 aliphatic heterocycles. The smallest absolute Gasteiger partial charge is 0.240 e. The van der Waals surface area contributed by atoms with Gasteiger partial charge in [0.25, 0.3) is 0 Å². The van der Waals surface area contributed by atoms with Crippen LogP contribution in [0.5, 0.6) is 5.75 Å². The SMILES string of the molecule is CCCC1(n2nnc3ccccc32)Oc2ccc(C)cc2C1(O)c1ccccc1. The Bertz CT molecular complexity index is 1190. The summed E-state index contributed by atoms with van der Waals surface area (Å²) in [7, 11) is 0. The molecule has 0 saturated heterocycles. The summed E-state index contributed by atoms with van der Waals surface area (Å²) < 4.78 is 8.39. The molecule has 0 aliphatic carbocycles. The summed E-state index contributed by atoms with van der Waals surface area (Å²) in [5, 5.41) is 21.3. The van der Waals surface area contributed by atoms with E-state index in [-0.39, 0.29) is 0 Å². The van der Waals surface area contributed by atoms with Crippen LogP contribution in [0.15, 0.2) is 72.8 Å². The van der Waals surface area contributed by atoms with Crippen molar-refractivity contribution in [2.24, 2.45) is 0 Å². The first-order valence-corrected chi connectivity index (χ1v) is 9.99. The molecule has 2 atom stereocenters. The molecule has 1 N–H and O–H groups in total. The van der Waals surface area contributed by atoms with Crippen molar-refractivity contribution in [2.45, 2.75) is 38.0 Å². The van der Waals surface area contributed by atoms with Crippen LogP contribution in [0.3, 0.4) is 0 Å². The highest BCUT2D eigenvalue weighted by Crippen LogP contribution is 2.56. The standard InChI is InChI=1S/C24H23N3O2/c1-3-15-23(27-21-12-8-7-11-20(21)25-26-27)24(28,18-9-5-4-6-10-18)19-16-17(2)13-14-22(19)29-23/h4-14,16,28H,3,15H2,1-2H3. The Morgan fingerprint density at radius 3 is 2.55 bits per heavy atom. The van der Waals surface area contributed by atoms with E-state index in [1.165, 1.54) is 0 Å². The van der Waals surface area contributed by atoms with Gasteiger partial charge >= 0.3 is 0 Å². The number of benzene rings is 3. The lowest BCUT2D eigenvalue weighted by Crippen LogP contribution is -2.54. The van der Waals surface area contributed by atoms with Gasteiger partial charge in [0.2, 0.25) is 5.72 Å². The van der Waals surface area contributed by atoms with Crippen LogP contribution >= 0.6 is 0 Å². The predicted octanol–water partition coefficient (Wildman–Crippen LogP) is 4.52. The summed E-state index contributed by atoms with van der Waals surface area (Å²) >= 11 is 0. The van der Waals surface area contributed by atoms with Crippen LogP contribution in [-0.4, -0.2) is 20.1 Å². The van der Waals surface area contributed by atoms with E-state index in [1.807, 2.05) is 79.7 Å². The van der Waals surface area contributed by atoms with Crippen molar-refractivity contribution in [3.63, 3.8) is 0 Å². The molecule has 0 spiro atoms. The fourth-order valence-corrected chi connectivity index (χ4v) is 4.55. The second kappa shape index (κ2) is 6.42. The van der Waals surface area contributed by atoms with Gasteiger partial charge in [0.1, 0.15) is 11.3 Å². The van der Waals surface area contributed by atoms with Crippen molar-refractivity contribution in [2.75, 3.05) is 0 Å². The molecule has 1 aromatic heterocycles. The van der Waals surface area contributed by atoms with Gasteiger partial charge in [-0.1, -0.05) is 72.7 Å². The molecule has 2 heterocycles. The molecule has 0 fully saturated rings. The zero-order valence-corrected chi connectivity index (χ0v) is 16.5. The van der Waals surface area contributed by atoms with Crippen molar-refractivity contribution < 1.29 is 9.84 Å². The maximum Gasteiger partial charge on any atom is 0.240 e. The number of nitrogens with zero attached hydrogens (tertiary/aromatic N) is 3. The van der Waals surface area contributed by atoms with Crippen molar-refractivity contribution in [1.29, 1.82) is 0 Å². The molecular weight excluding hydrogens is 362 g/mol. The Kier molecular flexibility index (Phi) is 3.96. The molecule has 1 aliphatic rings. The normalized spacial score (nSPS) is 23.1. The molecule has 0 bridgehead atoms. The average Bonchev–Trinajstić information content (AvgIpc) is 3.28. The Morgan fingerprint density at radius 2 is 1.76 bits per heavy atom. The maximum atomic E-state index is 12.5. The number of rotatable bonds is 4. The van der Waals surface area contributed by atoms with E-state index in [2.05, 4.69) is 17.2 Å². The number of aromatic nitrogens is 3. The topological polar surface area (TPSA) is 60.2 Å². The number of hydrogen-bond donors (Lipinski definition) is 1. The number of ether oxygens (including phenoxy) is 1. The molecule has 146 valence electrons. The summed E-state index contributed by atoms with van der Waals surface area (Å²) in [6, 6.07) is 23.5. The van der Waals surface area contributed by atoms with Gasteiger partial charge in [0, 0.05) is 12.0 Å². The Hall–Kier alpha value is -3.18. The lowest BCUT2D eigenvalue weighted by Gasteiger charge is -2.41. The predicted molar refractivity (Wildman–Crippen MR) is 112 cm³/mol. The summed E-state index contributed by atoms with van der Waals surface area (Å²) in [4.78, 5) is 0. The van der Waals surface area contributed by atoms with Gasteiger partial charge in [-0.15, -0.1) is 5.10 Å². The minimum Gasteiger partial charge on any atom is -0.462 e. The summed E-state index contributed by atoms with van der Waals surface area (Å²) in [5.74, 6) is 0.676. The van der Waals surface area contributed by atoms with Gasteiger partial charge in [-0.25, -0.2) is 0 Å². The second-order valence-electron chi connectivity index (χ2n) is 7.70. The Labute approximate surface area is 169 Å². The van der Waals surface area contributed by atoms with Crippen LogP contribution in [0.4, 0.5) is 0 Å². The molecule has 2 unspecified atom stereocenters. The van der Waals surface area contributed by atoms with Gasteiger partial charge in [-0.05, 0) is 36.8 Å². The first-order valence-electron chi connectivity index (χ1n) is 9.99. The molecule has 29 heavy (non-hydrogen) atoms. The third-order valence-corrected chi connectivity index (χ3v) is 5.84. The molecule has 0 saturated carbocycles. The van der Waals surface area contributed by atoms with Crippen LogP contribution in [0.25, 0.3) is 11.0 Å². The van der Waals surface area contributed by atoms with Crippen LogP contribution < -0.4 is 4.74 Å². The maximum absolute atomic E-state index is 12.5. The van der Waals surface area contributed by atoms with Crippen LogP contribution in [0, 0.1) is 6.92 Å². The monoisotopic (exact) mass is 385 g/mol. The molecular formula is C24H23N3O2. The van der Waals surface area contributed by atoms with Gasteiger partial charge in [-0.2, -0.15) is 4.68 Å². The highest BCUT2D eigenvalue weighted by atomic mass is 16.5. The van der Waals surface area contributed by atoms with Gasteiger partial charge in [0.05, 0.1) is 5.52 Å². The van der Waals surface area contributed by atoms with E-state index in [1.54, 1.807) is 4.68 Å². The minimum atomic E-state index is -1.41. The number of hydrogen-bond acceptors (Lipinski definition) is 4. The molecule has 4 aromatic rings. The fraction of sp³-hybridized carbons (Fsp3) is 0.250. The molecule has 0 radical (unpaired) electrons.